The molecule has 0 saturated heterocycles. The lowest BCUT2D eigenvalue weighted by Crippen LogP contribution is -2.39. The number of hydrogen-bond donors (Lipinski definition) is 2. The molecule has 4 nitrogen and oxygen atoms in total. The number of sulfonamides is 1. The van der Waals surface area contributed by atoms with Crippen LogP contribution in [0.1, 0.15) is 27.2 Å². The summed E-state index contributed by atoms with van der Waals surface area (Å²) >= 11 is 1.75. The molecule has 0 aromatic carbocycles. The Labute approximate surface area is 104 Å². The van der Waals surface area contributed by atoms with E-state index < -0.39 is 10.0 Å². The van der Waals surface area contributed by atoms with Crippen molar-refractivity contribution in [1.82, 2.24) is 10.0 Å². The van der Waals surface area contributed by atoms with E-state index in [9.17, 15) is 8.42 Å². The second kappa shape index (κ2) is 8.33. The molecule has 2 N–H and O–H groups in total. The van der Waals surface area contributed by atoms with Crippen LogP contribution in [0.4, 0.5) is 0 Å². The van der Waals surface area contributed by atoms with Crippen LogP contribution in [-0.4, -0.2) is 44.8 Å². The fourth-order valence-corrected chi connectivity index (χ4v) is 2.50. The average molecular weight is 268 g/mol. The summed E-state index contributed by atoms with van der Waals surface area (Å²) in [5, 5.41) is 3.16. The molecule has 0 aliphatic carbocycles. The van der Waals surface area contributed by atoms with Gasteiger partial charge in [0, 0.05) is 18.3 Å². The Morgan fingerprint density at radius 2 is 1.94 bits per heavy atom. The normalized spacial score (nSPS) is 16.0. The van der Waals surface area contributed by atoms with E-state index in [1.807, 2.05) is 13.2 Å². The minimum absolute atomic E-state index is 0.378. The molecule has 6 heteroatoms. The summed E-state index contributed by atoms with van der Waals surface area (Å²) in [6.07, 6.45) is 2.90. The van der Waals surface area contributed by atoms with E-state index in [2.05, 4.69) is 17.0 Å². The van der Waals surface area contributed by atoms with Gasteiger partial charge in [-0.15, -0.1) is 0 Å². The van der Waals surface area contributed by atoms with Gasteiger partial charge in [0.25, 0.3) is 0 Å². The van der Waals surface area contributed by atoms with Crippen molar-refractivity contribution in [3.05, 3.63) is 0 Å². The highest BCUT2D eigenvalue weighted by Gasteiger charge is 2.19. The monoisotopic (exact) mass is 268 g/mol. The predicted octanol–water partition coefficient (Wildman–Crippen LogP) is 1.05. The third-order valence-corrected chi connectivity index (χ3v) is 5.34. The van der Waals surface area contributed by atoms with Gasteiger partial charge in [0.1, 0.15) is 0 Å². The first-order chi connectivity index (χ1) is 7.44. The Kier molecular flexibility index (Phi) is 8.45. The molecular formula is C10H24N2O2S2. The van der Waals surface area contributed by atoms with Gasteiger partial charge in [-0.25, -0.2) is 13.1 Å². The zero-order valence-corrected chi connectivity index (χ0v) is 12.2. The maximum absolute atomic E-state index is 11.7. The van der Waals surface area contributed by atoms with Gasteiger partial charge in [0.05, 0.1) is 5.25 Å². The molecule has 2 atom stereocenters. The van der Waals surface area contributed by atoms with Gasteiger partial charge in [-0.3, -0.25) is 0 Å². The van der Waals surface area contributed by atoms with Crippen molar-refractivity contribution in [3.8, 4) is 0 Å². The smallest absolute Gasteiger partial charge is 0.215 e. The molecule has 0 aliphatic rings. The maximum atomic E-state index is 11.7. The first-order valence-corrected chi connectivity index (χ1v) is 8.49. The zero-order valence-electron chi connectivity index (χ0n) is 10.6. The highest BCUT2D eigenvalue weighted by molar-refractivity contribution is 7.99. The minimum atomic E-state index is -3.16. The van der Waals surface area contributed by atoms with Crippen LogP contribution in [0.3, 0.4) is 0 Å². The van der Waals surface area contributed by atoms with E-state index in [1.54, 1.807) is 18.7 Å². The lowest BCUT2D eigenvalue weighted by Gasteiger charge is -2.15. The SMILES string of the molecule is CCNCC(C)S(=O)(=O)NCCC(C)SC. The van der Waals surface area contributed by atoms with Gasteiger partial charge in [0.15, 0.2) is 0 Å². The van der Waals surface area contributed by atoms with Crippen LogP contribution in [0.5, 0.6) is 0 Å². The van der Waals surface area contributed by atoms with Gasteiger partial charge in [0.2, 0.25) is 10.0 Å². The van der Waals surface area contributed by atoms with E-state index in [-0.39, 0.29) is 5.25 Å². The Bertz CT molecular complexity index is 268. The molecule has 0 radical (unpaired) electrons. The Morgan fingerprint density at radius 3 is 2.44 bits per heavy atom. The van der Waals surface area contributed by atoms with Crippen molar-refractivity contribution < 1.29 is 8.42 Å². The maximum Gasteiger partial charge on any atom is 0.215 e. The summed E-state index contributed by atoms with van der Waals surface area (Å²) in [5.74, 6) is 0. The van der Waals surface area contributed by atoms with Crippen molar-refractivity contribution in [2.45, 2.75) is 37.7 Å². The predicted molar refractivity (Wildman–Crippen MR) is 72.5 cm³/mol. The first kappa shape index (κ1) is 16.2. The van der Waals surface area contributed by atoms with Crippen molar-refractivity contribution in [2.24, 2.45) is 0 Å². The number of hydrogen-bond acceptors (Lipinski definition) is 4. The molecule has 0 saturated carbocycles. The van der Waals surface area contributed by atoms with Crippen LogP contribution >= 0.6 is 11.8 Å². The van der Waals surface area contributed by atoms with Gasteiger partial charge < -0.3 is 5.32 Å². The van der Waals surface area contributed by atoms with Crippen molar-refractivity contribution in [2.75, 3.05) is 25.9 Å². The molecule has 0 aromatic heterocycles. The molecule has 0 spiro atoms. The fourth-order valence-electron chi connectivity index (χ4n) is 1.12. The van der Waals surface area contributed by atoms with Crippen LogP contribution in [0, 0.1) is 0 Å². The molecule has 98 valence electrons. The average Bonchev–Trinajstić information content (AvgIpc) is 2.25. The number of nitrogens with one attached hydrogen (secondary N) is 2. The molecule has 0 bridgehead atoms. The lowest BCUT2D eigenvalue weighted by atomic mass is 10.3. The zero-order chi connectivity index (χ0) is 12.6. The third kappa shape index (κ3) is 6.73. The van der Waals surface area contributed by atoms with Gasteiger partial charge in [-0.05, 0) is 26.1 Å². The Morgan fingerprint density at radius 1 is 1.31 bits per heavy atom. The number of thioether (sulfide) groups is 1. The molecule has 0 heterocycles. The summed E-state index contributed by atoms with van der Waals surface area (Å²) in [6, 6.07) is 0. The molecule has 0 amide bonds. The highest BCUT2D eigenvalue weighted by atomic mass is 32.2. The van der Waals surface area contributed by atoms with Gasteiger partial charge in [-0.2, -0.15) is 11.8 Å². The van der Waals surface area contributed by atoms with E-state index in [4.69, 9.17) is 0 Å². The quantitative estimate of drug-likeness (QED) is 0.656. The Hall–Kier alpha value is 0.220. The molecule has 16 heavy (non-hydrogen) atoms. The molecule has 0 fully saturated rings. The minimum Gasteiger partial charge on any atom is -0.316 e. The van der Waals surface area contributed by atoms with E-state index in [1.165, 1.54) is 0 Å². The van der Waals surface area contributed by atoms with E-state index in [0.717, 1.165) is 13.0 Å². The summed E-state index contributed by atoms with van der Waals surface area (Å²) in [6.45, 7) is 7.62. The Balaban J connectivity index is 3.95. The third-order valence-electron chi connectivity index (χ3n) is 2.47. The fraction of sp³-hybridized carbons (Fsp3) is 1.00. The molecular weight excluding hydrogens is 244 g/mol. The molecule has 0 rings (SSSR count). The largest absolute Gasteiger partial charge is 0.316 e. The molecule has 2 unspecified atom stereocenters. The van der Waals surface area contributed by atoms with E-state index >= 15 is 0 Å². The lowest BCUT2D eigenvalue weighted by molar-refractivity contribution is 0.558. The van der Waals surface area contributed by atoms with Crippen LogP contribution in [0.15, 0.2) is 0 Å². The summed E-state index contributed by atoms with van der Waals surface area (Å²) in [5.41, 5.74) is 0. The van der Waals surface area contributed by atoms with Gasteiger partial charge in [-0.1, -0.05) is 13.8 Å². The first-order valence-electron chi connectivity index (χ1n) is 5.66. The molecule has 0 aliphatic heterocycles. The van der Waals surface area contributed by atoms with Crippen molar-refractivity contribution >= 4 is 21.8 Å². The second-order valence-electron chi connectivity index (χ2n) is 3.89. The van der Waals surface area contributed by atoms with Crippen LogP contribution < -0.4 is 10.0 Å². The summed E-state index contributed by atoms with van der Waals surface area (Å²) in [7, 11) is -3.16. The van der Waals surface area contributed by atoms with Crippen LogP contribution in [0.2, 0.25) is 0 Å². The van der Waals surface area contributed by atoms with Gasteiger partial charge >= 0.3 is 0 Å². The van der Waals surface area contributed by atoms with E-state index in [0.29, 0.717) is 18.3 Å². The van der Waals surface area contributed by atoms with Crippen LogP contribution in [0.25, 0.3) is 0 Å². The van der Waals surface area contributed by atoms with Crippen LogP contribution in [-0.2, 0) is 10.0 Å². The summed E-state index contributed by atoms with van der Waals surface area (Å²) in [4.78, 5) is 0. The number of rotatable bonds is 9. The van der Waals surface area contributed by atoms with Crippen molar-refractivity contribution in [3.63, 3.8) is 0 Å². The van der Waals surface area contributed by atoms with Crippen molar-refractivity contribution in [1.29, 1.82) is 0 Å². The second-order valence-corrected chi connectivity index (χ2v) is 7.35. The topological polar surface area (TPSA) is 58.2 Å². The molecule has 0 aromatic rings. The summed E-state index contributed by atoms with van der Waals surface area (Å²) < 4.78 is 26.1. The standard InChI is InChI=1S/C10H24N2O2S2/c1-5-11-8-10(3)16(13,14)12-7-6-9(2)15-4/h9-12H,5-8H2,1-4H3. The highest BCUT2D eigenvalue weighted by Crippen LogP contribution is 2.08.